The zero-order chi connectivity index (χ0) is 19.6. The van der Waals surface area contributed by atoms with Crippen molar-refractivity contribution in [1.82, 2.24) is 15.1 Å². The fourth-order valence-electron chi connectivity index (χ4n) is 4.15. The lowest BCUT2D eigenvalue weighted by Gasteiger charge is -2.15. The number of amides is 1. The van der Waals surface area contributed by atoms with Gasteiger partial charge >= 0.3 is 0 Å². The molecule has 5 rings (SSSR count). The number of fused-ring (bicyclic) bond motifs is 1. The standard InChI is InChI=1S/C23H24N4O2/c28-23(18-7-3-5-16(13-18)15-27-10-1-2-11-27)24-21-14-20(25-26-21)19-8-4-6-17-9-12-29-22(17)19/h3-8,13-14H,1-2,9-12,15H2,(H2,24,25,26,28). The topological polar surface area (TPSA) is 70.2 Å². The van der Waals surface area contributed by atoms with E-state index in [4.69, 9.17) is 4.74 Å². The lowest BCUT2D eigenvalue weighted by atomic mass is 10.1. The number of aromatic nitrogens is 2. The van der Waals surface area contributed by atoms with E-state index in [1.54, 1.807) is 0 Å². The average Bonchev–Trinajstić information content (AvgIpc) is 3.49. The van der Waals surface area contributed by atoms with Gasteiger partial charge < -0.3 is 10.1 Å². The summed E-state index contributed by atoms with van der Waals surface area (Å²) in [5.74, 6) is 1.26. The first kappa shape index (κ1) is 17.9. The molecular weight excluding hydrogens is 364 g/mol. The molecular formula is C23H24N4O2. The molecule has 1 saturated heterocycles. The monoisotopic (exact) mass is 388 g/mol. The van der Waals surface area contributed by atoms with Gasteiger partial charge in [0.25, 0.3) is 5.91 Å². The predicted molar refractivity (Wildman–Crippen MR) is 112 cm³/mol. The third kappa shape index (κ3) is 3.76. The minimum Gasteiger partial charge on any atom is -0.492 e. The maximum atomic E-state index is 12.7. The minimum absolute atomic E-state index is 0.152. The molecule has 6 heteroatoms. The Balaban J connectivity index is 1.30. The Morgan fingerprint density at radius 1 is 1.14 bits per heavy atom. The number of nitrogens with zero attached hydrogens (tertiary/aromatic N) is 2. The van der Waals surface area contributed by atoms with E-state index in [2.05, 4.69) is 32.5 Å². The molecule has 1 amide bonds. The largest absolute Gasteiger partial charge is 0.492 e. The first-order valence-electron chi connectivity index (χ1n) is 10.2. The summed E-state index contributed by atoms with van der Waals surface area (Å²) in [5.41, 5.74) is 4.83. The molecule has 0 atom stereocenters. The number of para-hydroxylation sites is 1. The summed E-state index contributed by atoms with van der Waals surface area (Å²) in [6.45, 7) is 3.88. The van der Waals surface area contributed by atoms with E-state index < -0.39 is 0 Å². The summed E-state index contributed by atoms with van der Waals surface area (Å²) in [6.07, 6.45) is 3.45. The van der Waals surface area contributed by atoms with Gasteiger partial charge in [0.1, 0.15) is 5.75 Å². The number of aromatic amines is 1. The lowest BCUT2D eigenvalue weighted by molar-refractivity contribution is 0.102. The molecule has 3 aromatic rings. The Bertz CT molecular complexity index is 1040. The van der Waals surface area contributed by atoms with E-state index >= 15 is 0 Å². The summed E-state index contributed by atoms with van der Waals surface area (Å²) in [5, 5.41) is 10.2. The van der Waals surface area contributed by atoms with Crippen molar-refractivity contribution in [2.75, 3.05) is 25.0 Å². The zero-order valence-corrected chi connectivity index (χ0v) is 16.3. The number of likely N-dealkylation sites (tertiary alicyclic amines) is 1. The Labute approximate surface area is 169 Å². The second kappa shape index (κ2) is 7.72. The van der Waals surface area contributed by atoms with Crippen molar-refractivity contribution < 1.29 is 9.53 Å². The van der Waals surface area contributed by atoms with Crippen LogP contribution in [0.1, 0.15) is 34.3 Å². The lowest BCUT2D eigenvalue weighted by Crippen LogP contribution is -2.19. The maximum absolute atomic E-state index is 12.7. The van der Waals surface area contributed by atoms with Crippen molar-refractivity contribution in [3.63, 3.8) is 0 Å². The van der Waals surface area contributed by atoms with Crippen LogP contribution in [0.25, 0.3) is 11.3 Å². The highest BCUT2D eigenvalue weighted by Crippen LogP contribution is 2.36. The summed E-state index contributed by atoms with van der Waals surface area (Å²) in [6, 6.07) is 15.8. The van der Waals surface area contributed by atoms with Crippen LogP contribution in [0.4, 0.5) is 5.82 Å². The Kier molecular flexibility index (Phi) is 4.77. The SMILES string of the molecule is O=C(Nc1cc(-c2cccc3c2OCC3)[nH]n1)c1cccc(CN2CCCC2)c1. The number of ether oxygens (including phenoxy) is 1. The fraction of sp³-hybridized carbons (Fsp3) is 0.304. The second-order valence-corrected chi connectivity index (χ2v) is 7.70. The smallest absolute Gasteiger partial charge is 0.256 e. The van der Waals surface area contributed by atoms with Crippen molar-refractivity contribution in [3.8, 4) is 17.0 Å². The molecule has 148 valence electrons. The van der Waals surface area contributed by atoms with Crippen LogP contribution in [0.3, 0.4) is 0 Å². The summed E-state index contributed by atoms with van der Waals surface area (Å²) in [7, 11) is 0. The Morgan fingerprint density at radius 3 is 2.90 bits per heavy atom. The first-order chi connectivity index (χ1) is 14.3. The molecule has 6 nitrogen and oxygen atoms in total. The van der Waals surface area contributed by atoms with E-state index in [1.807, 2.05) is 36.4 Å². The Hall–Kier alpha value is -3.12. The van der Waals surface area contributed by atoms with Crippen molar-refractivity contribution in [3.05, 3.63) is 65.2 Å². The van der Waals surface area contributed by atoms with Crippen molar-refractivity contribution >= 4 is 11.7 Å². The van der Waals surface area contributed by atoms with Gasteiger partial charge in [0.05, 0.1) is 12.3 Å². The van der Waals surface area contributed by atoms with E-state index in [9.17, 15) is 4.79 Å². The van der Waals surface area contributed by atoms with Crippen molar-refractivity contribution in [1.29, 1.82) is 0 Å². The highest BCUT2D eigenvalue weighted by Gasteiger charge is 2.19. The number of hydrogen-bond acceptors (Lipinski definition) is 4. The number of carbonyl (C=O) groups is 1. The molecule has 2 N–H and O–H groups in total. The first-order valence-corrected chi connectivity index (χ1v) is 10.2. The number of H-pyrrole nitrogens is 1. The van der Waals surface area contributed by atoms with Crippen LogP contribution in [0.2, 0.25) is 0 Å². The minimum atomic E-state index is -0.152. The van der Waals surface area contributed by atoms with Crippen LogP contribution < -0.4 is 10.1 Å². The molecule has 1 aromatic heterocycles. The molecule has 3 heterocycles. The van der Waals surface area contributed by atoms with Gasteiger partial charge in [-0.15, -0.1) is 0 Å². The van der Waals surface area contributed by atoms with Gasteiger partial charge in [-0.05, 0) is 55.3 Å². The van der Waals surface area contributed by atoms with Gasteiger partial charge in [-0.3, -0.25) is 14.8 Å². The van der Waals surface area contributed by atoms with E-state index in [0.29, 0.717) is 18.0 Å². The molecule has 0 aliphatic carbocycles. The van der Waals surface area contributed by atoms with Crippen LogP contribution in [0, 0.1) is 0 Å². The number of benzene rings is 2. The number of rotatable bonds is 5. The number of nitrogens with one attached hydrogen (secondary N) is 2. The predicted octanol–water partition coefficient (Wildman–Crippen LogP) is 3.86. The number of hydrogen-bond donors (Lipinski definition) is 2. The second-order valence-electron chi connectivity index (χ2n) is 7.70. The van der Waals surface area contributed by atoms with E-state index in [0.717, 1.165) is 43.1 Å². The third-order valence-electron chi connectivity index (χ3n) is 5.62. The van der Waals surface area contributed by atoms with E-state index in [-0.39, 0.29) is 5.91 Å². The van der Waals surface area contributed by atoms with Crippen LogP contribution in [0.15, 0.2) is 48.5 Å². The molecule has 2 aliphatic rings. The highest BCUT2D eigenvalue weighted by atomic mass is 16.5. The molecule has 1 fully saturated rings. The molecule has 2 aromatic carbocycles. The van der Waals surface area contributed by atoms with Gasteiger partial charge in [0, 0.05) is 30.2 Å². The molecule has 0 radical (unpaired) electrons. The molecule has 2 aliphatic heterocycles. The van der Waals surface area contributed by atoms with Crippen LogP contribution in [0.5, 0.6) is 5.75 Å². The normalized spacial score (nSPS) is 15.9. The highest BCUT2D eigenvalue weighted by molar-refractivity contribution is 6.04. The van der Waals surface area contributed by atoms with Gasteiger partial charge in [-0.25, -0.2) is 0 Å². The fourth-order valence-corrected chi connectivity index (χ4v) is 4.15. The van der Waals surface area contributed by atoms with Gasteiger partial charge in [0.15, 0.2) is 5.82 Å². The Morgan fingerprint density at radius 2 is 2.00 bits per heavy atom. The van der Waals surface area contributed by atoms with Gasteiger partial charge in [-0.1, -0.05) is 24.3 Å². The quantitative estimate of drug-likeness (QED) is 0.696. The van der Waals surface area contributed by atoms with Crippen LogP contribution in [-0.4, -0.2) is 40.7 Å². The summed E-state index contributed by atoms with van der Waals surface area (Å²) >= 11 is 0. The van der Waals surface area contributed by atoms with Crippen LogP contribution in [-0.2, 0) is 13.0 Å². The number of carbonyl (C=O) groups excluding carboxylic acids is 1. The molecule has 0 saturated carbocycles. The van der Waals surface area contributed by atoms with Crippen LogP contribution >= 0.6 is 0 Å². The number of anilines is 1. The average molecular weight is 388 g/mol. The third-order valence-corrected chi connectivity index (χ3v) is 5.62. The molecule has 0 spiro atoms. The zero-order valence-electron chi connectivity index (χ0n) is 16.3. The summed E-state index contributed by atoms with van der Waals surface area (Å²) < 4.78 is 5.77. The van der Waals surface area contributed by atoms with Gasteiger partial charge in [0.2, 0.25) is 0 Å². The van der Waals surface area contributed by atoms with Crippen molar-refractivity contribution in [2.45, 2.75) is 25.8 Å². The molecule has 29 heavy (non-hydrogen) atoms. The molecule has 0 unspecified atom stereocenters. The van der Waals surface area contributed by atoms with Gasteiger partial charge in [-0.2, -0.15) is 5.10 Å². The maximum Gasteiger partial charge on any atom is 0.256 e. The molecule has 0 bridgehead atoms. The van der Waals surface area contributed by atoms with Crippen molar-refractivity contribution in [2.24, 2.45) is 0 Å². The van der Waals surface area contributed by atoms with E-state index in [1.165, 1.54) is 24.0 Å². The summed E-state index contributed by atoms with van der Waals surface area (Å²) in [4.78, 5) is 15.2.